The molecular weight excluding hydrogens is 352 g/mol. The summed E-state index contributed by atoms with van der Waals surface area (Å²) in [5.74, 6) is 1.67. The first-order valence-electron chi connectivity index (χ1n) is 9.26. The smallest absolute Gasteiger partial charge is 0.227 e. The molecule has 2 aliphatic rings. The second kappa shape index (κ2) is 9.38. The molecule has 3 rings (SSSR count). The molecule has 1 saturated heterocycles. The van der Waals surface area contributed by atoms with Crippen LogP contribution in [0.3, 0.4) is 0 Å². The Kier molecular flexibility index (Phi) is 7.47. The molecule has 144 valence electrons. The summed E-state index contributed by atoms with van der Waals surface area (Å²) in [4.78, 5) is 26.2. The molecular formula is C20H29ClN2O3. The van der Waals surface area contributed by atoms with Crippen LogP contribution in [0.15, 0.2) is 18.2 Å². The van der Waals surface area contributed by atoms with Crippen molar-refractivity contribution in [3.05, 3.63) is 29.3 Å². The first-order valence-corrected chi connectivity index (χ1v) is 9.26. The zero-order valence-corrected chi connectivity index (χ0v) is 16.4. The van der Waals surface area contributed by atoms with Gasteiger partial charge in [0, 0.05) is 30.3 Å². The molecule has 26 heavy (non-hydrogen) atoms. The van der Waals surface area contributed by atoms with Crippen molar-refractivity contribution in [2.45, 2.75) is 45.1 Å². The Morgan fingerprint density at radius 3 is 2.46 bits per heavy atom. The molecule has 0 radical (unpaired) electrons. The lowest BCUT2D eigenvalue weighted by atomic mass is 10.0. The minimum absolute atomic E-state index is 0. The van der Waals surface area contributed by atoms with E-state index in [1.165, 1.54) is 19.8 Å². The van der Waals surface area contributed by atoms with Gasteiger partial charge in [0.25, 0.3) is 0 Å². The Labute approximate surface area is 161 Å². The predicted molar refractivity (Wildman–Crippen MR) is 104 cm³/mol. The maximum atomic E-state index is 12.7. The molecule has 1 amide bonds. The quantitative estimate of drug-likeness (QED) is 0.739. The first-order chi connectivity index (χ1) is 12.1. The standard InChI is InChI=1S/C20H28N2O3.ClH/c1-14(23)16-5-6-19(25-2)17(11-16)12-20(24)22-9-7-18(8-10-22)21-13-15-3-4-15;/h5-6,11,15,18,21H,3-4,7-10,12-13H2,1-2H3;1H. The lowest BCUT2D eigenvalue weighted by Crippen LogP contribution is -2.45. The summed E-state index contributed by atoms with van der Waals surface area (Å²) in [7, 11) is 1.59. The van der Waals surface area contributed by atoms with Gasteiger partial charge in [0.1, 0.15) is 5.75 Å². The number of methoxy groups -OCH3 is 1. The van der Waals surface area contributed by atoms with Crippen LogP contribution in [0.5, 0.6) is 5.75 Å². The van der Waals surface area contributed by atoms with Crippen LogP contribution in [0.1, 0.15) is 48.5 Å². The van der Waals surface area contributed by atoms with Crippen molar-refractivity contribution in [2.75, 3.05) is 26.7 Å². The van der Waals surface area contributed by atoms with Gasteiger partial charge in [-0.05, 0) is 63.3 Å². The monoisotopic (exact) mass is 380 g/mol. The molecule has 1 aromatic carbocycles. The Hall–Kier alpha value is -1.59. The zero-order chi connectivity index (χ0) is 17.8. The van der Waals surface area contributed by atoms with Gasteiger partial charge >= 0.3 is 0 Å². The summed E-state index contributed by atoms with van der Waals surface area (Å²) < 4.78 is 5.35. The van der Waals surface area contributed by atoms with Crippen molar-refractivity contribution in [3.63, 3.8) is 0 Å². The molecule has 0 aromatic heterocycles. The van der Waals surface area contributed by atoms with E-state index in [0.29, 0.717) is 17.4 Å². The van der Waals surface area contributed by atoms with E-state index in [9.17, 15) is 9.59 Å². The summed E-state index contributed by atoms with van der Waals surface area (Å²) in [6.07, 6.45) is 5.05. The molecule has 1 aliphatic heterocycles. The number of carbonyl (C=O) groups excluding carboxylic acids is 2. The third-order valence-electron chi connectivity index (χ3n) is 5.27. The Morgan fingerprint density at radius 1 is 1.19 bits per heavy atom. The van der Waals surface area contributed by atoms with Crippen molar-refractivity contribution in [2.24, 2.45) is 5.92 Å². The Bertz CT molecular complexity index is 638. The second-order valence-electron chi connectivity index (χ2n) is 7.27. The van der Waals surface area contributed by atoms with Gasteiger partial charge in [0.2, 0.25) is 5.91 Å². The molecule has 1 aromatic rings. The van der Waals surface area contributed by atoms with Crippen molar-refractivity contribution in [3.8, 4) is 5.75 Å². The maximum absolute atomic E-state index is 12.7. The molecule has 2 fully saturated rings. The van der Waals surface area contributed by atoms with Crippen LogP contribution < -0.4 is 10.1 Å². The molecule has 1 N–H and O–H groups in total. The normalized spacial score (nSPS) is 17.5. The minimum Gasteiger partial charge on any atom is -0.496 e. The van der Waals surface area contributed by atoms with E-state index in [1.807, 2.05) is 4.90 Å². The van der Waals surface area contributed by atoms with Gasteiger partial charge < -0.3 is 15.0 Å². The predicted octanol–water partition coefficient (Wildman–Crippen LogP) is 2.85. The topological polar surface area (TPSA) is 58.6 Å². The van der Waals surface area contributed by atoms with E-state index in [4.69, 9.17) is 4.74 Å². The second-order valence-corrected chi connectivity index (χ2v) is 7.27. The first kappa shape index (κ1) is 20.7. The van der Waals surface area contributed by atoms with Crippen molar-refractivity contribution < 1.29 is 14.3 Å². The number of ketones is 1. The van der Waals surface area contributed by atoms with Gasteiger partial charge in [-0.1, -0.05) is 0 Å². The van der Waals surface area contributed by atoms with E-state index in [1.54, 1.807) is 25.3 Å². The fourth-order valence-electron chi connectivity index (χ4n) is 3.40. The third-order valence-corrected chi connectivity index (χ3v) is 5.27. The van der Waals surface area contributed by atoms with Crippen LogP contribution in [0.4, 0.5) is 0 Å². The number of hydrogen-bond donors (Lipinski definition) is 1. The van der Waals surface area contributed by atoms with Gasteiger partial charge in [-0.15, -0.1) is 12.4 Å². The van der Waals surface area contributed by atoms with Gasteiger partial charge in [0.05, 0.1) is 13.5 Å². The number of piperidine rings is 1. The molecule has 1 heterocycles. The Morgan fingerprint density at radius 2 is 1.88 bits per heavy atom. The van der Waals surface area contributed by atoms with Gasteiger partial charge in [-0.25, -0.2) is 0 Å². The number of amides is 1. The summed E-state index contributed by atoms with van der Waals surface area (Å²) in [5.41, 5.74) is 1.40. The van der Waals surface area contributed by atoms with E-state index in [2.05, 4.69) is 5.32 Å². The van der Waals surface area contributed by atoms with E-state index >= 15 is 0 Å². The highest BCUT2D eigenvalue weighted by Crippen LogP contribution is 2.28. The van der Waals surface area contributed by atoms with Gasteiger partial charge in [-0.3, -0.25) is 9.59 Å². The van der Waals surface area contributed by atoms with Crippen LogP contribution in [-0.4, -0.2) is 49.4 Å². The highest BCUT2D eigenvalue weighted by atomic mass is 35.5. The maximum Gasteiger partial charge on any atom is 0.227 e. The number of nitrogens with zero attached hydrogens (tertiary/aromatic N) is 1. The Balaban J connectivity index is 0.00000243. The lowest BCUT2D eigenvalue weighted by Gasteiger charge is -2.32. The van der Waals surface area contributed by atoms with Gasteiger partial charge in [-0.2, -0.15) is 0 Å². The van der Waals surface area contributed by atoms with Crippen LogP contribution in [0.25, 0.3) is 0 Å². The fraction of sp³-hybridized carbons (Fsp3) is 0.600. The highest BCUT2D eigenvalue weighted by Gasteiger charge is 2.26. The molecule has 5 nitrogen and oxygen atoms in total. The number of hydrogen-bond acceptors (Lipinski definition) is 4. The summed E-state index contributed by atoms with van der Waals surface area (Å²) >= 11 is 0. The average molecular weight is 381 g/mol. The number of benzene rings is 1. The van der Waals surface area contributed by atoms with E-state index in [0.717, 1.165) is 44.0 Å². The third kappa shape index (κ3) is 5.45. The van der Waals surface area contributed by atoms with Crippen LogP contribution >= 0.6 is 12.4 Å². The number of ether oxygens (including phenoxy) is 1. The number of Topliss-reactive ketones (excluding diaryl/α,β-unsaturated/α-hetero) is 1. The molecule has 0 spiro atoms. The van der Waals surface area contributed by atoms with Crippen molar-refractivity contribution >= 4 is 24.1 Å². The molecule has 1 saturated carbocycles. The summed E-state index contributed by atoms with van der Waals surface area (Å²) in [6, 6.07) is 5.84. The van der Waals surface area contributed by atoms with Gasteiger partial charge in [0.15, 0.2) is 5.78 Å². The number of halogens is 1. The molecule has 0 atom stereocenters. The highest BCUT2D eigenvalue weighted by molar-refractivity contribution is 5.94. The molecule has 1 aliphatic carbocycles. The number of carbonyl (C=O) groups is 2. The summed E-state index contributed by atoms with van der Waals surface area (Å²) in [5, 5.41) is 3.64. The zero-order valence-electron chi connectivity index (χ0n) is 15.6. The van der Waals surface area contributed by atoms with E-state index < -0.39 is 0 Å². The average Bonchev–Trinajstić information content (AvgIpc) is 3.44. The number of likely N-dealkylation sites (tertiary alicyclic amines) is 1. The molecule has 0 unspecified atom stereocenters. The van der Waals surface area contributed by atoms with E-state index in [-0.39, 0.29) is 30.5 Å². The molecule has 6 heteroatoms. The molecule has 0 bridgehead atoms. The van der Waals surface area contributed by atoms with Crippen molar-refractivity contribution in [1.29, 1.82) is 0 Å². The van der Waals surface area contributed by atoms with Crippen LogP contribution in [-0.2, 0) is 11.2 Å². The summed E-state index contributed by atoms with van der Waals surface area (Å²) in [6.45, 7) is 4.27. The van der Waals surface area contributed by atoms with Crippen LogP contribution in [0, 0.1) is 5.92 Å². The largest absolute Gasteiger partial charge is 0.496 e. The SMILES string of the molecule is COc1ccc(C(C)=O)cc1CC(=O)N1CCC(NCC2CC2)CC1.Cl. The number of nitrogens with one attached hydrogen (secondary N) is 1. The van der Waals surface area contributed by atoms with Crippen molar-refractivity contribution in [1.82, 2.24) is 10.2 Å². The van der Waals surface area contributed by atoms with Crippen LogP contribution in [0.2, 0.25) is 0 Å². The fourth-order valence-corrected chi connectivity index (χ4v) is 3.40. The minimum atomic E-state index is -0.00102. The number of rotatable bonds is 7. The lowest BCUT2D eigenvalue weighted by molar-refractivity contribution is -0.131.